The van der Waals surface area contributed by atoms with E-state index in [-0.39, 0.29) is 0 Å². The lowest BCUT2D eigenvalue weighted by Crippen LogP contribution is -2.33. The Hall–Kier alpha value is -1.38. The molecule has 3 heteroatoms. The van der Waals surface area contributed by atoms with Gasteiger partial charge in [-0.25, -0.2) is 0 Å². The third-order valence-corrected chi connectivity index (χ3v) is 3.32. The first kappa shape index (κ1) is 12.1. The molecule has 0 unspecified atom stereocenters. The zero-order valence-corrected chi connectivity index (χ0v) is 10.9. The summed E-state index contributed by atoms with van der Waals surface area (Å²) in [5, 5.41) is 0. The number of methoxy groups -OCH3 is 1. The molecule has 0 saturated heterocycles. The van der Waals surface area contributed by atoms with Crippen LogP contribution in [-0.2, 0) is 0 Å². The summed E-state index contributed by atoms with van der Waals surface area (Å²) in [6.45, 7) is 5.55. The Morgan fingerprint density at radius 1 is 1.41 bits per heavy atom. The Labute approximate surface area is 104 Å². The molecule has 0 aromatic heterocycles. The van der Waals surface area contributed by atoms with Crippen LogP contribution in [0.15, 0.2) is 18.2 Å². The molecule has 2 N–H and O–H groups in total. The molecule has 1 aromatic carbocycles. The van der Waals surface area contributed by atoms with E-state index < -0.39 is 0 Å². The molecule has 94 valence electrons. The van der Waals surface area contributed by atoms with Crippen molar-refractivity contribution in [2.24, 2.45) is 5.92 Å². The summed E-state index contributed by atoms with van der Waals surface area (Å²) in [6.07, 6.45) is 2.72. The Bertz CT molecular complexity index is 386. The summed E-state index contributed by atoms with van der Waals surface area (Å²) in [5.41, 5.74) is 8.05. The fraction of sp³-hybridized carbons (Fsp3) is 0.571. The van der Waals surface area contributed by atoms with E-state index in [9.17, 15) is 0 Å². The number of nitrogen functional groups attached to an aromatic ring is 1. The van der Waals surface area contributed by atoms with Crippen LogP contribution in [0.3, 0.4) is 0 Å². The van der Waals surface area contributed by atoms with Gasteiger partial charge < -0.3 is 15.4 Å². The molecule has 1 saturated carbocycles. The average molecular weight is 234 g/mol. The van der Waals surface area contributed by atoms with Crippen LogP contribution in [0.5, 0.6) is 5.75 Å². The molecule has 0 radical (unpaired) electrons. The van der Waals surface area contributed by atoms with Crippen molar-refractivity contribution in [1.82, 2.24) is 0 Å². The van der Waals surface area contributed by atoms with Crippen molar-refractivity contribution in [2.45, 2.75) is 32.7 Å². The zero-order chi connectivity index (χ0) is 12.4. The van der Waals surface area contributed by atoms with Crippen LogP contribution in [0.25, 0.3) is 0 Å². The molecule has 0 heterocycles. The highest BCUT2D eigenvalue weighted by atomic mass is 16.5. The van der Waals surface area contributed by atoms with Gasteiger partial charge in [-0.05, 0) is 44.7 Å². The molecular weight excluding hydrogens is 212 g/mol. The van der Waals surface area contributed by atoms with Crippen molar-refractivity contribution in [2.75, 3.05) is 24.3 Å². The van der Waals surface area contributed by atoms with Crippen LogP contribution in [0, 0.1) is 5.92 Å². The average Bonchev–Trinajstić information content (AvgIpc) is 3.10. The van der Waals surface area contributed by atoms with E-state index in [1.54, 1.807) is 7.11 Å². The number of rotatable bonds is 5. The lowest BCUT2D eigenvalue weighted by Gasteiger charge is -2.30. The van der Waals surface area contributed by atoms with Crippen molar-refractivity contribution < 1.29 is 4.74 Å². The summed E-state index contributed by atoms with van der Waals surface area (Å²) >= 11 is 0. The molecule has 17 heavy (non-hydrogen) atoms. The van der Waals surface area contributed by atoms with E-state index in [4.69, 9.17) is 10.5 Å². The molecule has 0 amide bonds. The molecule has 3 nitrogen and oxygen atoms in total. The first-order chi connectivity index (χ1) is 8.11. The van der Waals surface area contributed by atoms with Crippen LogP contribution < -0.4 is 15.4 Å². The summed E-state index contributed by atoms with van der Waals surface area (Å²) in [5.74, 6) is 1.68. The third-order valence-electron chi connectivity index (χ3n) is 3.32. The second kappa shape index (κ2) is 4.86. The highest BCUT2D eigenvalue weighted by molar-refractivity contribution is 5.70. The summed E-state index contributed by atoms with van der Waals surface area (Å²) < 4.78 is 5.19. The van der Waals surface area contributed by atoms with E-state index in [1.165, 1.54) is 12.8 Å². The van der Waals surface area contributed by atoms with Gasteiger partial charge in [0.05, 0.1) is 18.5 Å². The lowest BCUT2D eigenvalue weighted by molar-refractivity contribution is 0.415. The van der Waals surface area contributed by atoms with Crippen molar-refractivity contribution in [1.29, 1.82) is 0 Å². The van der Waals surface area contributed by atoms with Crippen LogP contribution >= 0.6 is 0 Å². The van der Waals surface area contributed by atoms with E-state index >= 15 is 0 Å². The molecule has 0 aliphatic heterocycles. The molecular formula is C14H22N2O. The molecule has 0 spiro atoms. The number of hydrogen-bond acceptors (Lipinski definition) is 3. The SMILES string of the molecule is COc1ccc(N(CC2CC2)C(C)C)c(N)c1. The molecule has 1 fully saturated rings. The van der Waals surface area contributed by atoms with Gasteiger partial charge in [-0.15, -0.1) is 0 Å². The van der Waals surface area contributed by atoms with E-state index in [1.807, 2.05) is 12.1 Å². The van der Waals surface area contributed by atoms with Crippen LogP contribution in [0.4, 0.5) is 11.4 Å². The Balaban J connectivity index is 2.21. The Morgan fingerprint density at radius 2 is 2.12 bits per heavy atom. The summed E-state index contributed by atoms with van der Waals surface area (Å²) in [4.78, 5) is 2.40. The van der Waals surface area contributed by atoms with Gasteiger partial charge in [-0.1, -0.05) is 0 Å². The standard InChI is InChI=1S/C14H22N2O/c1-10(2)16(9-11-4-5-11)14-7-6-12(17-3)8-13(14)15/h6-8,10-11H,4-5,9,15H2,1-3H3. The largest absolute Gasteiger partial charge is 0.497 e. The minimum absolute atomic E-state index is 0.478. The van der Waals surface area contributed by atoms with Crippen LogP contribution in [0.2, 0.25) is 0 Å². The summed E-state index contributed by atoms with van der Waals surface area (Å²) in [6, 6.07) is 6.42. The minimum atomic E-state index is 0.478. The van der Waals surface area contributed by atoms with E-state index in [0.29, 0.717) is 6.04 Å². The molecule has 1 aliphatic carbocycles. The number of anilines is 2. The van der Waals surface area contributed by atoms with Crippen molar-refractivity contribution >= 4 is 11.4 Å². The number of ether oxygens (including phenoxy) is 1. The fourth-order valence-corrected chi connectivity index (χ4v) is 2.09. The van der Waals surface area contributed by atoms with E-state index in [2.05, 4.69) is 24.8 Å². The smallest absolute Gasteiger partial charge is 0.121 e. The van der Waals surface area contributed by atoms with Gasteiger partial charge in [0.2, 0.25) is 0 Å². The third kappa shape index (κ3) is 2.84. The predicted octanol–water partition coefficient (Wildman–Crippen LogP) is 2.90. The number of hydrogen-bond donors (Lipinski definition) is 1. The van der Waals surface area contributed by atoms with Crippen molar-refractivity contribution in [3.8, 4) is 5.75 Å². The number of nitrogens with zero attached hydrogens (tertiary/aromatic N) is 1. The van der Waals surface area contributed by atoms with Gasteiger partial charge in [0.25, 0.3) is 0 Å². The van der Waals surface area contributed by atoms with Gasteiger partial charge in [0, 0.05) is 18.7 Å². The Kier molecular flexibility index (Phi) is 3.46. The second-order valence-corrected chi connectivity index (χ2v) is 5.11. The van der Waals surface area contributed by atoms with E-state index in [0.717, 1.165) is 29.6 Å². The fourth-order valence-electron chi connectivity index (χ4n) is 2.09. The highest BCUT2D eigenvalue weighted by Gasteiger charge is 2.26. The van der Waals surface area contributed by atoms with Gasteiger partial charge in [-0.2, -0.15) is 0 Å². The molecule has 2 rings (SSSR count). The maximum atomic E-state index is 6.11. The van der Waals surface area contributed by atoms with Crippen LogP contribution in [-0.4, -0.2) is 19.7 Å². The quantitative estimate of drug-likeness (QED) is 0.796. The van der Waals surface area contributed by atoms with Gasteiger partial charge in [0.1, 0.15) is 5.75 Å². The zero-order valence-electron chi connectivity index (χ0n) is 10.9. The first-order valence-electron chi connectivity index (χ1n) is 6.32. The molecule has 1 aliphatic rings. The first-order valence-corrected chi connectivity index (χ1v) is 6.32. The topological polar surface area (TPSA) is 38.5 Å². The van der Waals surface area contributed by atoms with Crippen molar-refractivity contribution in [3.63, 3.8) is 0 Å². The summed E-state index contributed by atoms with van der Waals surface area (Å²) in [7, 11) is 1.67. The molecule has 0 bridgehead atoms. The maximum absolute atomic E-state index is 6.11. The van der Waals surface area contributed by atoms with Gasteiger partial charge in [0.15, 0.2) is 0 Å². The highest BCUT2D eigenvalue weighted by Crippen LogP contribution is 2.35. The minimum Gasteiger partial charge on any atom is -0.497 e. The van der Waals surface area contributed by atoms with Gasteiger partial charge >= 0.3 is 0 Å². The molecule has 0 atom stereocenters. The lowest BCUT2D eigenvalue weighted by atomic mass is 10.2. The second-order valence-electron chi connectivity index (χ2n) is 5.11. The predicted molar refractivity (Wildman–Crippen MR) is 72.6 cm³/mol. The van der Waals surface area contributed by atoms with Gasteiger partial charge in [-0.3, -0.25) is 0 Å². The number of nitrogens with two attached hydrogens (primary N) is 1. The maximum Gasteiger partial charge on any atom is 0.121 e. The monoisotopic (exact) mass is 234 g/mol. The van der Waals surface area contributed by atoms with Crippen molar-refractivity contribution in [3.05, 3.63) is 18.2 Å². The number of benzene rings is 1. The normalized spacial score (nSPS) is 15.1. The molecule has 1 aromatic rings. The Morgan fingerprint density at radius 3 is 2.59 bits per heavy atom. The van der Waals surface area contributed by atoms with Crippen LogP contribution in [0.1, 0.15) is 26.7 Å².